The van der Waals surface area contributed by atoms with E-state index >= 15 is 0 Å². The Hall–Kier alpha value is -5.78. The number of nitrogens with two attached hydrogens (primary N) is 1. The molecule has 12 heteroatoms. The second-order valence-corrected chi connectivity index (χ2v) is 9.63. The zero-order valence-corrected chi connectivity index (χ0v) is 21.6. The van der Waals surface area contributed by atoms with Crippen LogP contribution in [0.25, 0.3) is 0 Å². The molecular formula is C29H24N6O6. The number of ether oxygens (including phenoxy) is 1. The van der Waals surface area contributed by atoms with Crippen LogP contribution in [0.4, 0.5) is 23.0 Å². The number of nitrogens with zero attached hydrogens (tertiary/aromatic N) is 1. The molecule has 0 aliphatic carbocycles. The molecule has 41 heavy (non-hydrogen) atoms. The lowest BCUT2D eigenvalue weighted by atomic mass is 9.83. The van der Waals surface area contributed by atoms with Crippen molar-refractivity contribution in [2.24, 2.45) is 0 Å². The molecule has 12 nitrogen and oxygen atoms in total. The van der Waals surface area contributed by atoms with E-state index in [2.05, 4.69) is 19.9 Å². The third-order valence-corrected chi connectivity index (χ3v) is 7.06. The number of methoxy groups -OCH3 is 1. The Labute approximate surface area is 230 Å². The summed E-state index contributed by atoms with van der Waals surface area (Å²) in [6, 6.07) is 19.2. The van der Waals surface area contributed by atoms with Gasteiger partial charge in [-0.1, -0.05) is 30.3 Å². The fraction of sp³-hybridized carbons (Fsp3) is 0.103. The first kappa shape index (κ1) is 25.5. The molecule has 2 aromatic heterocycles. The maximum Gasteiger partial charge on any atom is 0.327 e. The van der Waals surface area contributed by atoms with Crippen LogP contribution in [-0.2, 0) is 6.42 Å². The summed E-state index contributed by atoms with van der Waals surface area (Å²) in [5, 5.41) is 10.5. The second-order valence-electron chi connectivity index (χ2n) is 9.63. The summed E-state index contributed by atoms with van der Waals surface area (Å²) in [7, 11) is 1.39. The number of fused-ring (bicyclic) bond motifs is 2. The molecule has 3 aromatic carbocycles. The lowest BCUT2D eigenvalue weighted by Gasteiger charge is -2.35. The van der Waals surface area contributed by atoms with Gasteiger partial charge in [-0.2, -0.15) is 0 Å². The minimum Gasteiger partial charge on any atom is -0.504 e. The number of nitrogen functional groups attached to an aromatic ring is 1. The van der Waals surface area contributed by atoms with Gasteiger partial charge in [-0.15, -0.1) is 0 Å². The molecule has 0 bridgehead atoms. The molecule has 0 atom stereocenters. The zero-order valence-electron chi connectivity index (χ0n) is 21.6. The lowest BCUT2D eigenvalue weighted by molar-refractivity contribution is 0.373. The number of anilines is 4. The van der Waals surface area contributed by atoms with E-state index in [4.69, 9.17) is 10.5 Å². The predicted octanol–water partition coefficient (Wildman–Crippen LogP) is 2.29. The van der Waals surface area contributed by atoms with Gasteiger partial charge in [0.15, 0.2) is 11.5 Å². The van der Waals surface area contributed by atoms with Crippen LogP contribution in [0, 0.1) is 0 Å². The molecule has 0 fully saturated rings. The standard InChI is InChI=1S/C29H24N6O6/c1-41-20-11-6-16(13-19(20)36)21-22-24(31-28(39)33-26(22)37)35(25-23(21)27(38)34-29(40)32-25)18-9-4-15(5-10-18)12-14-2-7-17(30)8-3-14/h2-11,13,21,36H,12,30H2,1H3,(H2,31,33,37,39)(H2,32,34,38,40). The van der Waals surface area contributed by atoms with E-state index < -0.39 is 28.4 Å². The summed E-state index contributed by atoms with van der Waals surface area (Å²) in [5.41, 5.74) is 6.41. The molecule has 0 saturated heterocycles. The highest BCUT2D eigenvalue weighted by Crippen LogP contribution is 2.47. The van der Waals surface area contributed by atoms with E-state index in [1.165, 1.54) is 24.1 Å². The lowest BCUT2D eigenvalue weighted by Crippen LogP contribution is -2.40. The van der Waals surface area contributed by atoms with E-state index in [9.17, 15) is 24.3 Å². The van der Waals surface area contributed by atoms with E-state index in [0.717, 1.165) is 11.1 Å². The van der Waals surface area contributed by atoms with Gasteiger partial charge in [0.05, 0.1) is 24.2 Å². The van der Waals surface area contributed by atoms with E-state index in [0.29, 0.717) is 23.4 Å². The highest BCUT2D eigenvalue weighted by molar-refractivity contribution is 5.81. The monoisotopic (exact) mass is 552 g/mol. The molecule has 0 amide bonds. The van der Waals surface area contributed by atoms with Crippen molar-refractivity contribution in [1.82, 2.24) is 19.9 Å². The summed E-state index contributed by atoms with van der Waals surface area (Å²) in [6.07, 6.45) is 0.629. The van der Waals surface area contributed by atoms with Crippen molar-refractivity contribution in [2.45, 2.75) is 12.3 Å². The molecule has 0 radical (unpaired) electrons. The number of phenolic OH excluding ortho intramolecular Hbond substituents is 1. The summed E-state index contributed by atoms with van der Waals surface area (Å²) >= 11 is 0. The maximum absolute atomic E-state index is 13.3. The number of nitrogens with one attached hydrogen (secondary N) is 4. The van der Waals surface area contributed by atoms with Gasteiger partial charge in [-0.3, -0.25) is 34.4 Å². The van der Waals surface area contributed by atoms with Crippen molar-refractivity contribution >= 4 is 23.0 Å². The Kier molecular flexibility index (Phi) is 6.07. The Morgan fingerprint density at radius 3 is 1.83 bits per heavy atom. The Balaban J connectivity index is 1.55. The third kappa shape index (κ3) is 4.46. The molecular weight excluding hydrogens is 528 g/mol. The number of aromatic amines is 4. The van der Waals surface area contributed by atoms with Crippen LogP contribution in [0.2, 0.25) is 0 Å². The molecule has 7 N–H and O–H groups in total. The van der Waals surface area contributed by atoms with Crippen LogP contribution < -0.4 is 37.9 Å². The average molecular weight is 553 g/mol. The minimum atomic E-state index is -1.06. The molecule has 1 aliphatic heterocycles. The van der Waals surface area contributed by atoms with Crippen LogP contribution in [0.3, 0.4) is 0 Å². The van der Waals surface area contributed by atoms with Crippen molar-refractivity contribution in [1.29, 1.82) is 0 Å². The zero-order chi connectivity index (χ0) is 28.8. The van der Waals surface area contributed by atoms with E-state index in [1.807, 2.05) is 36.4 Å². The normalized spacial score (nSPS) is 12.6. The predicted molar refractivity (Wildman–Crippen MR) is 153 cm³/mol. The average Bonchev–Trinajstić information content (AvgIpc) is 2.93. The molecule has 3 heterocycles. The van der Waals surface area contributed by atoms with Gasteiger partial charge >= 0.3 is 11.4 Å². The first-order valence-electron chi connectivity index (χ1n) is 12.6. The van der Waals surface area contributed by atoms with Crippen LogP contribution >= 0.6 is 0 Å². The van der Waals surface area contributed by atoms with Gasteiger partial charge in [0.1, 0.15) is 11.6 Å². The third-order valence-electron chi connectivity index (χ3n) is 7.06. The van der Waals surface area contributed by atoms with Gasteiger partial charge in [0.2, 0.25) is 0 Å². The topological polar surface area (TPSA) is 190 Å². The smallest absolute Gasteiger partial charge is 0.327 e. The number of hydrogen-bond acceptors (Lipinski definition) is 8. The molecule has 1 aliphatic rings. The molecule has 5 aromatic rings. The summed E-state index contributed by atoms with van der Waals surface area (Å²) in [5.74, 6) is -0.942. The number of hydrogen-bond donors (Lipinski definition) is 6. The fourth-order valence-corrected chi connectivity index (χ4v) is 5.22. The van der Waals surface area contributed by atoms with Crippen molar-refractivity contribution in [3.05, 3.63) is 136 Å². The number of aromatic nitrogens is 4. The Morgan fingerprint density at radius 1 is 0.780 bits per heavy atom. The summed E-state index contributed by atoms with van der Waals surface area (Å²) < 4.78 is 5.14. The van der Waals surface area contributed by atoms with E-state index in [1.54, 1.807) is 18.2 Å². The number of benzene rings is 3. The van der Waals surface area contributed by atoms with Crippen molar-refractivity contribution in [3.63, 3.8) is 0 Å². The van der Waals surface area contributed by atoms with Gasteiger partial charge < -0.3 is 15.6 Å². The van der Waals surface area contributed by atoms with Crippen LogP contribution in [0.15, 0.2) is 85.9 Å². The molecule has 0 unspecified atom stereocenters. The van der Waals surface area contributed by atoms with Crippen molar-refractivity contribution < 1.29 is 9.84 Å². The largest absolute Gasteiger partial charge is 0.504 e. The maximum atomic E-state index is 13.3. The van der Waals surface area contributed by atoms with Crippen LogP contribution in [0.5, 0.6) is 11.5 Å². The highest BCUT2D eigenvalue weighted by atomic mass is 16.5. The molecule has 0 spiro atoms. The van der Waals surface area contributed by atoms with Gasteiger partial charge in [0, 0.05) is 11.4 Å². The van der Waals surface area contributed by atoms with Gasteiger partial charge in [-0.25, -0.2) is 9.59 Å². The summed E-state index contributed by atoms with van der Waals surface area (Å²) in [4.78, 5) is 63.0. The van der Waals surface area contributed by atoms with Crippen LogP contribution in [-0.4, -0.2) is 32.2 Å². The Bertz CT molecular complexity index is 1950. The van der Waals surface area contributed by atoms with Crippen molar-refractivity contribution in [3.8, 4) is 11.5 Å². The first-order chi connectivity index (χ1) is 19.7. The fourth-order valence-electron chi connectivity index (χ4n) is 5.22. The number of rotatable bonds is 5. The number of phenols is 1. The Morgan fingerprint density at radius 2 is 1.32 bits per heavy atom. The molecule has 0 saturated carbocycles. The highest BCUT2D eigenvalue weighted by Gasteiger charge is 2.39. The summed E-state index contributed by atoms with van der Waals surface area (Å²) in [6.45, 7) is 0. The minimum absolute atomic E-state index is 0.0465. The van der Waals surface area contributed by atoms with Crippen molar-refractivity contribution in [2.75, 3.05) is 17.7 Å². The number of H-pyrrole nitrogens is 4. The van der Waals surface area contributed by atoms with Gasteiger partial charge in [0.25, 0.3) is 11.1 Å². The van der Waals surface area contributed by atoms with Gasteiger partial charge in [-0.05, 0) is 59.5 Å². The van der Waals surface area contributed by atoms with E-state index in [-0.39, 0.29) is 34.3 Å². The molecule has 206 valence electrons. The number of aromatic hydroxyl groups is 1. The SMILES string of the molecule is COc1ccc(C2c3c([nH]c(=O)[nH]c3=O)N(c3ccc(Cc4ccc(N)cc4)cc3)c3[nH]c(=O)[nH]c(=O)c32)cc1O. The van der Waals surface area contributed by atoms with Crippen LogP contribution in [0.1, 0.15) is 33.7 Å². The second kappa shape index (κ2) is 9.75. The quantitative estimate of drug-likeness (QED) is 0.176. The first-order valence-corrected chi connectivity index (χ1v) is 12.6. The molecule has 6 rings (SSSR count).